The number of hydrogen-bond donors (Lipinski definition) is 1. The standard InChI is InChI=1S/C21H29N5O2/c1-28-14-13-26(17-20-6-2-3-10-23-20)21(27)24-19-7-11-25(12-8-19)16-18-5-4-9-22-15-18/h2-6,9-10,15,19H,7-8,11-14,16-17H2,1H3,(H,24,27). The van der Waals surface area contributed by atoms with Crippen LogP contribution in [0.2, 0.25) is 0 Å². The molecule has 2 aromatic heterocycles. The Labute approximate surface area is 166 Å². The fraction of sp³-hybridized carbons (Fsp3) is 0.476. The van der Waals surface area contributed by atoms with E-state index in [2.05, 4.69) is 26.3 Å². The lowest BCUT2D eigenvalue weighted by atomic mass is 10.0. The van der Waals surface area contributed by atoms with Crippen LogP contribution in [0, 0.1) is 0 Å². The Kier molecular flexibility index (Phi) is 7.75. The van der Waals surface area contributed by atoms with Crippen molar-refractivity contribution in [2.45, 2.75) is 32.0 Å². The number of ether oxygens (including phenoxy) is 1. The first kappa shape index (κ1) is 20.2. The van der Waals surface area contributed by atoms with Gasteiger partial charge in [-0.1, -0.05) is 12.1 Å². The Morgan fingerprint density at radius 2 is 2.11 bits per heavy atom. The summed E-state index contributed by atoms with van der Waals surface area (Å²) >= 11 is 0. The SMILES string of the molecule is COCCN(Cc1ccccn1)C(=O)NC1CCN(Cc2cccnc2)CC1. The second-order valence-corrected chi connectivity index (χ2v) is 7.10. The Morgan fingerprint density at radius 3 is 2.79 bits per heavy atom. The van der Waals surface area contributed by atoms with Crippen LogP contribution in [0.3, 0.4) is 0 Å². The molecule has 150 valence electrons. The molecule has 2 aromatic rings. The van der Waals surface area contributed by atoms with Crippen LogP contribution in [0.15, 0.2) is 48.9 Å². The third kappa shape index (κ3) is 6.28. The zero-order valence-corrected chi connectivity index (χ0v) is 16.5. The van der Waals surface area contributed by atoms with Crippen LogP contribution in [0.25, 0.3) is 0 Å². The van der Waals surface area contributed by atoms with Crippen LogP contribution in [-0.4, -0.2) is 65.2 Å². The van der Waals surface area contributed by atoms with Gasteiger partial charge in [-0.2, -0.15) is 0 Å². The molecular weight excluding hydrogens is 354 g/mol. The maximum Gasteiger partial charge on any atom is 0.318 e. The van der Waals surface area contributed by atoms with Crippen LogP contribution in [0.5, 0.6) is 0 Å². The minimum Gasteiger partial charge on any atom is -0.383 e. The van der Waals surface area contributed by atoms with Crippen molar-refractivity contribution < 1.29 is 9.53 Å². The van der Waals surface area contributed by atoms with E-state index in [1.807, 2.05) is 30.5 Å². The van der Waals surface area contributed by atoms with Crippen molar-refractivity contribution in [3.8, 4) is 0 Å². The van der Waals surface area contributed by atoms with Gasteiger partial charge in [-0.05, 0) is 36.6 Å². The van der Waals surface area contributed by atoms with E-state index in [9.17, 15) is 4.79 Å². The molecule has 0 aromatic carbocycles. The van der Waals surface area contributed by atoms with Crippen molar-refractivity contribution in [3.63, 3.8) is 0 Å². The van der Waals surface area contributed by atoms with Gasteiger partial charge in [-0.25, -0.2) is 4.79 Å². The fourth-order valence-corrected chi connectivity index (χ4v) is 3.39. The molecule has 1 saturated heterocycles. The Hall–Kier alpha value is -2.51. The smallest absolute Gasteiger partial charge is 0.318 e. The second kappa shape index (κ2) is 10.7. The van der Waals surface area contributed by atoms with Crippen molar-refractivity contribution in [1.82, 2.24) is 25.1 Å². The van der Waals surface area contributed by atoms with E-state index < -0.39 is 0 Å². The molecule has 0 spiro atoms. The molecule has 1 aliphatic heterocycles. The zero-order valence-electron chi connectivity index (χ0n) is 16.5. The van der Waals surface area contributed by atoms with Crippen LogP contribution in [-0.2, 0) is 17.8 Å². The largest absolute Gasteiger partial charge is 0.383 e. The molecule has 7 heteroatoms. The maximum atomic E-state index is 12.8. The minimum atomic E-state index is -0.0478. The van der Waals surface area contributed by atoms with Crippen LogP contribution >= 0.6 is 0 Å². The summed E-state index contributed by atoms with van der Waals surface area (Å²) in [6, 6.07) is 9.98. The van der Waals surface area contributed by atoms with Crippen molar-refractivity contribution >= 4 is 6.03 Å². The van der Waals surface area contributed by atoms with Gasteiger partial charge in [0.2, 0.25) is 0 Å². The number of pyridine rings is 2. The number of rotatable bonds is 8. The number of carbonyl (C=O) groups excluding carboxylic acids is 1. The number of nitrogens with zero attached hydrogens (tertiary/aromatic N) is 4. The average Bonchev–Trinajstić information content (AvgIpc) is 2.74. The van der Waals surface area contributed by atoms with E-state index >= 15 is 0 Å². The molecule has 1 fully saturated rings. The summed E-state index contributed by atoms with van der Waals surface area (Å²) < 4.78 is 5.17. The van der Waals surface area contributed by atoms with E-state index in [0.717, 1.165) is 38.2 Å². The lowest BCUT2D eigenvalue weighted by molar-refractivity contribution is 0.138. The molecule has 0 unspecified atom stereocenters. The Balaban J connectivity index is 1.48. The van der Waals surface area contributed by atoms with Gasteiger partial charge >= 0.3 is 6.03 Å². The summed E-state index contributed by atoms with van der Waals surface area (Å²) in [5, 5.41) is 3.20. The van der Waals surface area contributed by atoms with E-state index in [0.29, 0.717) is 19.7 Å². The molecule has 0 atom stereocenters. The van der Waals surface area contributed by atoms with Gasteiger partial charge in [0.15, 0.2) is 0 Å². The summed E-state index contributed by atoms with van der Waals surface area (Å²) in [7, 11) is 1.65. The Bertz CT molecular complexity index is 705. The highest BCUT2D eigenvalue weighted by Gasteiger charge is 2.23. The molecule has 0 bridgehead atoms. The van der Waals surface area contributed by atoms with Crippen molar-refractivity contribution in [1.29, 1.82) is 0 Å². The summed E-state index contributed by atoms with van der Waals surface area (Å²) in [6.07, 6.45) is 7.37. The number of urea groups is 1. The third-order valence-corrected chi connectivity index (χ3v) is 4.98. The number of amides is 2. The van der Waals surface area contributed by atoms with Gasteiger partial charge in [0.1, 0.15) is 0 Å². The fourth-order valence-electron chi connectivity index (χ4n) is 3.39. The molecule has 3 rings (SSSR count). The second-order valence-electron chi connectivity index (χ2n) is 7.10. The van der Waals surface area contributed by atoms with Gasteiger partial charge in [-0.3, -0.25) is 14.9 Å². The average molecular weight is 383 g/mol. The van der Waals surface area contributed by atoms with Crippen LogP contribution < -0.4 is 5.32 Å². The number of likely N-dealkylation sites (tertiary alicyclic amines) is 1. The quantitative estimate of drug-likeness (QED) is 0.757. The first-order valence-corrected chi connectivity index (χ1v) is 9.80. The zero-order chi connectivity index (χ0) is 19.6. The summed E-state index contributed by atoms with van der Waals surface area (Å²) in [6.45, 7) is 4.38. The monoisotopic (exact) mass is 383 g/mol. The first-order valence-electron chi connectivity index (χ1n) is 9.80. The topological polar surface area (TPSA) is 70.6 Å². The molecule has 7 nitrogen and oxygen atoms in total. The molecule has 2 amide bonds. The molecule has 0 radical (unpaired) electrons. The first-order chi connectivity index (χ1) is 13.7. The van der Waals surface area contributed by atoms with E-state index in [1.165, 1.54) is 5.56 Å². The number of carbonyl (C=O) groups is 1. The summed E-state index contributed by atoms with van der Waals surface area (Å²) in [5.74, 6) is 0. The predicted molar refractivity (Wildman–Crippen MR) is 108 cm³/mol. The van der Waals surface area contributed by atoms with Crippen LogP contribution in [0.4, 0.5) is 4.79 Å². The normalized spacial score (nSPS) is 15.3. The summed E-state index contributed by atoms with van der Waals surface area (Å²) in [4.78, 5) is 25.5. The number of methoxy groups -OCH3 is 1. The predicted octanol–water partition coefficient (Wildman–Crippen LogP) is 2.30. The van der Waals surface area contributed by atoms with Crippen molar-refractivity contribution in [2.75, 3.05) is 33.4 Å². The van der Waals surface area contributed by atoms with Gasteiger partial charge in [0.25, 0.3) is 0 Å². The molecule has 28 heavy (non-hydrogen) atoms. The lowest BCUT2D eigenvalue weighted by Gasteiger charge is -2.33. The van der Waals surface area contributed by atoms with Crippen molar-refractivity contribution in [2.24, 2.45) is 0 Å². The number of aromatic nitrogens is 2. The molecule has 1 aliphatic rings. The van der Waals surface area contributed by atoms with E-state index in [4.69, 9.17) is 4.74 Å². The maximum absolute atomic E-state index is 12.8. The third-order valence-electron chi connectivity index (χ3n) is 4.98. The summed E-state index contributed by atoms with van der Waals surface area (Å²) in [5.41, 5.74) is 2.10. The highest BCUT2D eigenvalue weighted by Crippen LogP contribution is 2.14. The highest BCUT2D eigenvalue weighted by atomic mass is 16.5. The van der Waals surface area contributed by atoms with Crippen LogP contribution in [0.1, 0.15) is 24.1 Å². The van der Waals surface area contributed by atoms with Gasteiger partial charge in [0.05, 0.1) is 18.8 Å². The van der Waals surface area contributed by atoms with Gasteiger partial charge < -0.3 is 15.0 Å². The van der Waals surface area contributed by atoms with Crippen molar-refractivity contribution in [3.05, 3.63) is 60.2 Å². The number of nitrogens with one attached hydrogen (secondary N) is 1. The number of piperidine rings is 1. The van der Waals surface area contributed by atoms with E-state index in [-0.39, 0.29) is 12.1 Å². The van der Waals surface area contributed by atoms with Gasteiger partial charge in [-0.15, -0.1) is 0 Å². The molecule has 1 N–H and O–H groups in total. The minimum absolute atomic E-state index is 0.0478. The Morgan fingerprint density at radius 1 is 1.25 bits per heavy atom. The van der Waals surface area contributed by atoms with E-state index in [1.54, 1.807) is 24.4 Å². The molecule has 0 aliphatic carbocycles. The van der Waals surface area contributed by atoms with Gasteiger partial charge in [0, 0.05) is 57.9 Å². The lowest BCUT2D eigenvalue weighted by Crippen LogP contribution is -2.49. The highest BCUT2D eigenvalue weighted by molar-refractivity contribution is 5.74. The molecule has 3 heterocycles. The molecular formula is C21H29N5O2. The number of hydrogen-bond acceptors (Lipinski definition) is 5. The molecule has 0 saturated carbocycles.